The number of carbonyl (C=O) groups excluding carboxylic acids is 2. The molecule has 0 bridgehead atoms. The van der Waals surface area contributed by atoms with E-state index in [1.807, 2.05) is 30.3 Å². The molecular formula is C27H33N3O3. The van der Waals surface area contributed by atoms with Gasteiger partial charge in [0.15, 0.2) is 0 Å². The fraction of sp³-hybridized carbons (Fsp3) is 0.407. The average molecular weight is 448 g/mol. The van der Waals surface area contributed by atoms with Crippen LogP contribution in [0.2, 0.25) is 0 Å². The van der Waals surface area contributed by atoms with E-state index in [0.29, 0.717) is 42.2 Å². The maximum atomic E-state index is 13.5. The molecule has 2 aromatic rings. The minimum Gasteiger partial charge on any atom is -0.496 e. The number of imide groups is 1. The Morgan fingerprint density at radius 2 is 1.55 bits per heavy atom. The summed E-state index contributed by atoms with van der Waals surface area (Å²) >= 11 is 0. The number of benzene rings is 2. The van der Waals surface area contributed by atoms with Crippen LogP contribution in [0.3, 0.4) is 0 Å². The highest BCUT2D eigenvalue weighted by atomic mass is 16.5. The Bertz CT molecular complexity index is 1010. The summed E-state index contributed by atoms with van der Waals surface area (Å²) in [6.07, 6.45) is 2.86. The molecule has 2 heterocycles. The monoisotopic (exact) mass is 447 g/mol. The first-order valence-electron chi connectivity index (χ1n) is 11.9. The van der Waals surface area contributed by atoms with Crippen LogP contribution in [0.4, 0.5) is 0 Å². The highest BCUT2D eigenvalue weighted by Gasteiger charge is 2.42. The topological polar surface area (TPSA) is 53.1 Å². The average Bonchev–Trinajstić information content (AvgIpc) is 3.10. The minimum atomic E-state index is -0.206. The van der Waals surface area contributed by atoms with Gasteiger partial charge in [0.05, 0.1) is 12.7 Å². The van der Waals surface area contributed by atoms with Crippen LogP contribution in [0.5, 0.6) is 5.75 Å². The lowest BCUT2D eigenvalue weighted by Gasteiger charge is -2.36. The van der Waals surface area contributed by atoms with Gasteiger partial charge in [-0.25, -0.2) is 0 Å². The summed E-state index contributed by atoms with van der Waals surface area (Å²) in [7, 11) is 1.60. The molecule has 6 heteroatoms. The summed E-state index contributed by atoms with van der Waals surface area (Å²) in [5.74, 6) is 0.236. The number of hydrogen-bond acceptors (Lipinski definition) is 5. The third-order valence-corrected chi connectivity index (χ3v) is 6.44. The number of rotatable bonds is 9. The van der Waals surface area contributed by atoms with Gasteiger partial charge in [-0.1, -0.05) is 68.3 Å². The molecule has 0 unspecified atom stereocenters. The maximum absolute atomic E-state index is 13.5. The molecule has 1 fully saturated rings. The van der Waals surface area contributed by atoms with Gasteiger partial charge in [-0.15, -0.1) is 0 Å². The molecule has 0 saturated carbocycles. The van der Waals surface area contributed by atoms with Crippen LogP contribution in [-0.2, 0) is 16.1 Å². The number of piperazine rings is 1. The molecule has 0 aromatic heterocycles. The molecule has 0 atom stereocenters. The molecular weight excluding hydrogens is 414 g/mol. The number of nitrogens with zero attached hydrogens (tertiary/aromatic N) is 3. The highest BCUT2D eigenvalue weighted by molar-refractivity contribution is 6.36. The molecule has 0 spiro atoms. The number of ether oxygens (including phenoxy) is 1. The fourth-order valence-electron chi connectivity index (χ4n) is 4.64. The van der Waals surface area contributed by atoms with E-state index in [1.165, 1.54) is 10.5 Å². The Kier molecular flexibility index (Phi) is 7.45. The van der Waals surface area contributed by atoms with Crippen molar-refractivity contribution in [3.63, 3.8) is 0 Å². The Morgan fingerprint density at radius 1 is 0.848 bits per heavy atom. The van der Waals surface area contributed by atoms with E-state index < -0.39 is 0 Å². The molecule has 0 N–H and O–H groups in total. The van der Waals surface area contributed by atoms with Crippen LogP contribution < -0.4 is 4.74 Å². The van der Waals surface area contributed by atoms with E-state index in [1.54, 1.807) is 7.11 Å². The van der Waals surface area contributed by atoms with Gasteiger partial charge in [0.25, 0.3) is 11.8 Å². The molecule has 1 saturated heterocycles. The molecule has 33 heavy (non-hydrogen) atoms. The summed E-state index contributed by atoms with van der Waals surface area (Å²) in [5, 5.41) is 0. The van der Waals surface area contributed by atoms with Crippen molar-refractivity contribution in [3.05, 3.63) is 71.4 Å². The van der Waals surface area contributed by atoms with E-state index in [-0.39, 0.29) is 11.8 Å². The second kappa shape index (κ2) is 10.7. The van der Waals surface area contributed by atoms with Crippen LogP contribution in [0.25, 0.3) is 5.57 Å². The summed E-state index contributed by atoms with van der Waals surface area (Å²) in [4.78, 5) is 32.9. The van der Waals surface area contributed by atoms with Crippen molar-refractivity contribution in [3.8, 4) is 5.75 Å². The van der Waals surface area contributed by atoms with E-state index in [0.717, 1.165) is 38.9 Å². The molecule has 174 valence electrons. The van der Waals surface area contributed by atoms with Crippen molar-refractivity contribution < 1.29 is 14.3 Å². The van der Waals surface area contributed by atoms with Gasteiger partial charge in [0, 0.05) is 44.8 Å². The third kappa shape index (κ3) is 4.96. The quantitative estimate of drug-likeness (QED) is 0.433. The third-order valence-electron chi connectivity index (χ3n) is 6.44. The zero-order valence-electron chi connectivity index (χ0n) is 19.6. The number of para-hydroxylation sites is 1. The Labute approximate surface area is 196 Å². The van der Waals surface area contributed by atoms with E-state index in [9.17, 15) is 9.59 Å². The Hall–Kier alpha value is -3.12. The second-order valence-electron chi connectivity index (χ2n) is 8.64. The summed E-state index contributed by atoms with van der Waals surface area (Å²) in [6.45, 7) is 6.58. The predicted molar refractivity (Wildman–Crippen MR) is 129 cm³/mol. The van der Waals surface area contributed by atoms with Crippen LogP contribution in [0.15, 0.2) is 60.3 Å². The van der Waals surface area contributed by atoms with E-state index in [2.05, 4.69) is 41.0 Å². The van der Waals surface area contributed by atoms with Crippen LogP contribution >= 0.6 is 0 Å². The largest absolute Gasteiger partial charge is 0.496 e. The van der Waals surface area contributed by atoms with Crippen LogP contribution in [-0.4, -0.2) is 66.3 Å². The van der Waals surface area contributed by atoms with Gasteiger partial charge in [0.1, 0.15) is 11.4 Å². The maximum Gasteiger partial charge on any atom is 0.277 e. The molecule has 0 aliphatic carbocycles. The van der Waals surface area contributed by atoms with Crippen molar-refractivity contribution in [2.75, 3.05) is 39.8 Å². The van der Waals surface area contributed by atoms with E-state index >= 15 is 0 Å². The summed E-state index contributed by atoms with van der Waals surface area (Å²) in [6, 6.07) is 17.9. The molecule has 4 rings (SSSR count). The van der Waals surface area contributed by atoms with E-state index in [4.69, 9.17) is 4.74 Å². The summed E-state index contributed by atoms with van der Waals surface area (Å²) in [5.41, 5.74) is 2.98. The van der Waals surface area contributed by atoms with Crippen molar-refractivity contribution in [1.29, 1.82) is 0 Å². The van der Waals surface area contributed by atoms with Gasteiger partial charge in [-0.2, -0.15) is 0 Å². The molecule has 0 radical (unpaired) electrons. The Morgan fingerprint density at radius 3 is 2.24 bits per heavy atom. The van der Waals surface area contributed by atoms with Crippen molar-refractivity contribution in [1.82, 2.24) is 14.7 Å². The van der Waals surface area contributed by atoms with Crippen molar-refractivity contribution in [2.24, 2.45) is 0 Å². The molecule has 2 aliphatic rings. The molecule has 2 aliphatic heterocycles. The predicted octanol–water partition coefficient (Wildman–Crippen LogP) is 3.78. The SMILES string of the molecule is CCCCCN1C(=O)C(c2ccccc2OC)=C(N2CCN(Cc3ccccc3)CC2)C1=O. The first kappa shape index (κ1) is 23.1. The standard InChI is InChI=1S/C27H33N3O3/c1-3-4-10-15-30-26(31)24(22-13-8-9-14-23(22)33-2)25(27(30)32)29-18-16-28(17-19-29)20-21-11-6-5-7-12-21/h5-9,11-14H,3-4,10,15-20H2,1-2H3. The fourth-order valence-corrected chi connectivity index (χ4v) is 4.64. The Balaban J connectivity index is 1.59. The lowest BCUT2D eigenvalue weighted by molar-refractivity contribution is -0.137. The zero-order chi connectivity index (χ0) is 23.2. The van der Waals surface area contributed by atoms with Crippen LogP contribution in [0, 0.1) is 0 Å². The zero-order valence-corrected chi connectivity index (χ0v) is 19.6. The molecule has 6 nitrogen and oxygen atoms in total. The van der Waals surface area contributed by atoms with Gasteiger partial charge in [0.2, 0.25) is 0 Å². The van der Waals surface area contributed by atoms with Gasteiger partial charge >= 0.3 is 0 Å². The number of unbranched alkanes of at least 4 members (excludes halogenated alkanes) is 2. The number of methoxy groups -OCH3 is 1. The number of amides is 2. The minimum absolute atomic E-state index is 0.173. The lowest BCUT2D eigenvalue weighted by Crippen LogP contribution is -2.47. The first-order chi connectivity index (χ1) is 16.1. The van der Waals surface area contributed by atoms with Gasteiger partial charge in [-0.05, 0) is 18.1 Å². The smallest absolute Gasteiger partial charge is 0.277 e. The highest BCUT2D eigenvalue weighted by Crippen LogP contribution is 2.36. The second-order valence-corrected chi connectivity index (χ2v) is 8.64. The number of carbonyl (C=O) groups is 2. The first-order valence-corrected chi connectivity index (χ1v) is 11.9. The van der Waals surface area contributed by atoms with Crippen molar-refractivity contribution in [2.45, 2.75) is 32.7 Å². The van der Waals surface area contributed by atoms with Gasteiger partial charge in [-0.3, -0.25) is 19.4 Å². The van der Waals surface area contributed by atoms with Gasteiger partial charge < -0.3 is 9.64 Å². The van der Waals surface area contributed by atoms with Crippen LogP contribution in [0.1, 0.15) is 37.3 Å². The molecule has 2 amide bonds. The molecule has 2 aromatic carbocycles. The van der Waals surface area contributed by atoms with Crippen molar-refractivity contribution >= 4 is 17.4 Å². The normalized spacial score (nSPS) is 17.3. The lowest BCUT2D eigenvalue weighted by atomic mass is 10.0. The summed E-state index contributed by atoms with van der Waals surface area (Å²) < 4.78 is 5.55. The number of hydrogen-bond donors (Lipinski definition) is 0.